The van der Waals surface area contributed by atoms with Gasteiger partial charge >= 0.3 is 0 Å². The molecule has 4 nitrogen and oxygen atoms in total. The summed E-state index contributed by atoms with van der Waals surface area (Å²) in [5.74, 6) is 1.28. The Bertz CT molecular complexity index is 309. The number of anilines is 1. The number of rotatable bonds is 5. The van der Waals surface area contributed by atoms with E-state index in [0.29, 0.717) is 12.5 Å². The molecule has 1 rings (SSSR count). The zero-order valence-electron chi connectivity index (χ0n) is 9.75. The molecule has 0 atom stereocenters. The summed E-state index contributed by atoms with van der Waals surface area (Å²) in [6.07, 6.45) is 2.77. The molecule has 1 aromatic rings. The van der Waals surface area contributed by atoms with Crippen molar-refractivity contribution in [1.29, 1.82) is 0 Å². The van der Waals surface area contributed by atoms with Crippen molar-refractivity contribution in [3.63, 3.8) is 0 Å². The largest absolute Gasteiger partial charge is 0.381 e. The maximum Gasteiger partial charge on any atom is 0.131 e. The molecular formula is C11H20N4. The van der Waals surface area contributed by atoms with Gasteiger partial charge in [0.25, 0.3) is 0 Å². The van der Waals surface area contributed by atoms with Gasteiger partial charge in [-0.25, -0.2) is 9.97 Å². The van der Waals surface area contributed by atoms with Gasteiger partial charge in [-0.3, -0.25) is 0 Å². The lowest BCUT2D eigenvalue weighted by Crippen LogP contribution is -2.15. The van der Waals surface area contributed by atoms with Crippen molar-refractivity contribution in [2.45, 2.75) is 33.1 Å². The Morgan fingerprint density at radius 2 is 2.20 bits per heavy atom. The van der Waals surface area contributed by atoms with E-state index in [1.165, 1.54) is 0 Å². The van der Waals surface area contributed by atoms with Gasteiger partial charge in [-0.05, 0) is 6.42 Å². The molecule has 0 aliphatic heterocycles. The molecule has 15 heavy (non-hydrogen) atoms. The van der Waals surface area contributed by atoms with Crippen LogP contribution in [0.2, 0.25) is 0 Å². The minimum absolute atomic E-state index is 0.374. The third kappa shape index (κ3) is 3.16. The number of nitrogens with one attached hydrogen (secondary N) is 1. The Balaban J connectivity index is 2.88. The summed E-state index contributed by atoms with van der Waals surface area (Å²) in [5.41, 5.74) is 7.52. The fourth-order valence-electron chi connectivity index (χ4n) is 1.33. The van der Waals surface area contributed by atoms with Gasteiger partial charge in [-0.1, -0.05) is 20.8 Å². The van der Waals surface area contributed by atoms with E-state index in [-0.39, 0.29) is 0 Å². The average molecular weight is 208 g/mol. The molecule has 0 amide bonds. The van der Waals surface area contributed by atoms with Gasteiger partial charge < -0.3 is 11.1 Å². The first-order chi connectivity index (χ1) is 7.19. The second-order valence-electron chi connectivity index (χ2n) is 3.81. The molecule has 0 aromatic carbocycles. The van der Waals surface area contributed by atoms with Crippen molar-refractivity contribution >= 4 is 5.69 Å². The van der Waals surface area contributed by atoms with Gasteiger partial charge in [0.15, 0.2) is 0 Å². The Kier molecular flexibility index (Phi) is 4.49. The quantitative estimate of drug-likeness (QED) is 0.770. The summed E-state index contributed by atoms with van der Waals surface area (Å²) in [5, 5.41) is 3.23. The van der Waals surface area contributed by atoms with Crippen molar-refractivity contribution in [1.82, 2.24) is 9.97 Å². The van der Waals surface area contributed by atoms with Crippen molar-refractivity contribution in [2.24, 2.45) is 5.73 Å². The van der Waals surface area contributed by atoms with Crippen LogP contribution >= 0.6 is 0 Å². The van der Waals surface area contributed by atoms with E-state index in [0.717, 1.165) is 30.2 Å². The minimum Gasteiger partial charge on any atom is -0.381 e. The molecule has 0 radical (unpaired) electrons. The second kappa shape index (κ2) is 5.66. The molecule has 1 heterocycles. The van der Waals surface area contributed by atoms with E-state index in [9.17, 15) is 0 Å². The van der Waals surface area contributed by atoms with Crippen molar-refractivity contribution < 1.29 is 0 Å². The van der Waals surface area contributed by atoms with E-state index in [1.54, 1.807) is 0 Å². The Labute approximate surface area is 91.3 Å². The highest BCUT2D eigenvalue weighted by Gasteiger charge is 2.07. The topological polar surface area (TPSA) is 63.8 Å². The molecule has 0 spiro atoms. The molecule has 0 unspecified atom stereocenters. The number of aryl methyl sites for hydroxylation is 1. The van der Waals surface area contributed by atoms with Crippen LogP contribution in [-0.2, 0) is 6.42 Å². The highest BCUT2D eigenvalue weighted by molar-refractivity contribution is 5.46. The van der Waals surface area contributed by atoms with E-state index in [2.05, 4.69) is 36.1 Å². The van der Waals surface area contributed by atoms with Gasteiger partial charge in [0.1, 0.15) is 5.82 Å². The maximum atomic E-state index is 5.44. The monoisotopic (exact) mass is 208 g/mol. The molecule has 3 N–H and O–H groups in total. The van der Waals surface area contributed by atoms with E-state index in [4.69, 9.17) is 5.73 Å². The number of nitrogens with two attached hydrogens (primary N) is 1. The standard InChI is InChI=1S/C11H20N4/c1-4-9-10(13-6-5-12)7-14-11(15-9)8(2)3/h7-8,13H,4-6,12H2,1-3H3. The molecule has 0 saturated heterocycles. The third-order valence-electron chi connectivity index (χ3n) is 2.20. The van der Waals surface area contributed by atoms with Crippen LogP contribution in [0.1, 0.15) is 38.2 Å². The predicted octanol–water partition coefficient (Wildman–Crippen LogP) is 1.53. The van der Waals surface area contributed by atoms with Crippen LogP contribution in [0.15, 0.2) is 6.20 Å². The van der Waals surface area contributed by atoms with Gasteiger partial charge in [0, 0.05) is 19.0 Å². The molecular weight excluding hydrogens is 188 g/mol. The summed E-state index contributed by atoms with van der Waals surface area (Å²) in [4.78, 5) is 8.85. The van der Waals surface area contributed by atoms with Gasteiger partial charge in [-0.15, -0.1) is 0 Å². The fraction of sp³-hybridized carbons (Fsp3) is 0.636. The highest BCUT2D eigenvalue weighted by Crippen LogP contribution is 2.16. The first-order valence-corrected chi connectivity index (χ1v) is 5.48. The maximum absolute atomic E-state index is 5.44. The Morgan fingerprint density at radius 3 is 2.73 bits per heavy atom. The zero-order chi connectivity index (χ0) is 11.3. The summed E-state index contributed by atoms with van der Waals surface area (Å²) in [6.45, 7) is 7.68. The molecule has 84 valence electrons. The Morgan fingerprint density at radius 1 is 1.47 bits per heavy atom. The lowest BCUT2D eigenvalue weighted by Gasteiger charge is -2.11. The van der Waals surface area contributed by atoms with Crippen LogP contribution in [0.25, 0.3) is 0 Å². The minimum atomic E-state index is 0.374. The summed E-state index contributed by atoms with van der Waals surface area (Å²) >= 11 is 0. The highest BCUT2D eigenvalue weighted by atomic mass is 15.0. The molecule has 0 aliphatic rings. The molecule has 0 bridgehead atoms. The van der Waals surface area contributed by atoms with Gasteiger partial charge in [0.05, 0.1) is 17.6 Å². The summed E-state index contributed by atoms with van der Waals surface area (Å²) in [7, 11) is 0. The normalized spacial score (nSPS) is 10.7. The molecule has 4 heteroatoms. The van der Waals surface area contributed by atoms with Crippen molar-refractivity contribution in [3.05, 3.63) is 17.7 Å². The van der Waals surface area contributed by atoms with E-state index < -0.39 is 0 Å². The number of hydrogen-bond donors (Lipinski definition) is 2. The lowest BCUT2D eigenvalue weighted by molar-refractivity contribution is 0.759. The lowest BCUT2D eigenvalue weighted by atomic mass is 10.2. The smallest absolute Gasteiger partial charge is 0.131 e. The first kappa shape index (κ1) is 11.9. The SMILES string of the molecule is CCc1nc(C(C)C)ncc1NCCN. The van der Waals surface area contributed by atoms with Crippen molar-refractivity contribution in [2.75, 3.05) is 18.4 Å². The third-order valence-corrected chi connectivity index (χ3v) is 2.20. The second-order valence-corrected chi connectivity index (χ2v) is 3.81. The fourth-order valence-corrected chi connectivity index (χ4v) is 1.33. The number of nitrogens with zero attached hydrogens (tertiary/aromatic N) is 2. The van der Waals surface area contributed by atoms with Crippen LogP contribution < -0.4 is 11.1 Å². The molecule has 0 fully saturated rings. The van der Waals surface area contributed by atoms with Gasteiger partial charge in [-0.2, -0.15) is 0 Å². The number of aromatic nitrogens is 2. The number of hydrogen-bond acceptors (Lipinski definition) is 4. The summed E-state index contributed by atoms with van der Waals surface area (Å²) in [6, 6.07) is 0. The predicted molar refractivity (Wildman–Crippen MR) is 63.0 cm³/mol. The van der Waals surface area contributed by atoms with Crippen LogP contribution in [0.5, 0.6) is 0 Å². The van der Waals surface area contributed by atoms with Crippen LogP contribution in [0.4, 0.5) is 5.69 Å². The van der Waals surface area contributed by atoms with Crippen molar-refractivity contribution in [3.8, 4) is 0 Å². The first-order valence-electron chi connectivity index (χ1n) is 5.48. The molecule has 1 aromatic heterocycles. The van der Waals surface area contributed by atoms with Crippen LogP contribution in [0, 0.1) is 0 Å². The van der Waals surface area contributed by atoms with Crippen LogP contribution in [0.3, 0.4) is 0 Å². The van der Waals surface area contributed by atoms with E-state index in [1.807, 2.05) is 6.20 Å². The van der Waals surface area contributed by atoms with E-state index >= 15 is 0 Å². The summed E-state index contributed by atoms with van der Waals surface area (Å²) < 4.78 is 0. The Hall–Kier alpha value is -1.16. The molecule has 0 aliphatic carbocycles. The van der Waals surface area contributed by atoms with Crippen LogP contribution in [-0.4, -0.2) is 23.1 Å². The molecule has 0 saturated carbocycles. The zero-order valence-corrected chi connectivity index (χ0v) is 9.75. The van der Waals surface area contributed by atoms with Gasteiger partial charge in [0.2, 0.25) is 0 Å². The average Bonchev–Trinajstić information content (AvgIpc) is 2.25.